The molecule has 200 valence electrons. The SMILES string of the molecule is CC1(C)CC2=C(C(c3ccc(C(F)(F)F)cc3F)N(C(=O)c3cocn3)c3cccc(O)c3N2)S(=O)(=O)C1. The third-order valence-electron chi connectivity index (χ3n) is 6.42. The lowest BCUT2D eigenvalue weighted by atomic mass is 9.88. The Hall–Kier alpha value is -3.87. The highest BCUT2D eigenvalue weighted by molar-refractivity contribution is 7.95. The molecule has 2 aliphatic rings. The molecule has 13 heteroatoms. The summed E-state index contributed by atoms with van der Waals surface area (Å²) in [5.41, 5.74) is -2.80. The highest BCUT2D eigenvalue weighted by Gasteiger charge is 2.48. The van der Waals surface area contributed by atoms with Crippen molar-refractivity contribution in [3.05, 3.63) is 82.3 Å². The average Bonchev–Trinajstić information content (AvgIpc) is 3.28. The number of phenolic OH excluding ortho intramolecular Hbond substituents is 1. The predicted octanol–water partition coefficient (Wildman–Crippen LogP) is 5.41. The van der Waals surface area contributed by atoms with Crippen LogP contribution in [0.15, 0.2) is 64.1 Å². The van der Waals surface area contributed by atoms with Gasteiger partial charge in [-0.15, -0.1) is 0 Å². The molecule has 8 nitrogen and oxygen atoms in total. The Kier molecular flexibility index (Phi) is 5.82. The molecule has 3 aromatic rings. The number of nitrogens with one attached hydrogen (secondary N) is 1. The Morgan fingerprint density at radius 2 is 1.97 bits per heavy atom. The van der Waals surface area contributed by atoms with Crippen LogP contribution in [-0.4, -0.2) is 30.2 Å². The van der Waals surface area contributed by atoms with Crippen LogP contribution in [0.4, 0.5) is 28.9 Å². The van der Waals surface area contributed by atoms with E-state index in [1.165, 1.54) is 18.2 Å². The summed E-state index contributed by atoms with van der Waals surface area (Å²) in [6.07, 6.45) is -2.77. The smallest absolute Gasteiger partial charge is 0.416 e. The maximum atomic E-state index is 15.5. The molecule has 0 saturated heterocycles. The van der Waals surface area contributed by atoms with Gasteiger partial charge in [0.2, 0.25) is 0 Å². The molecule has 0 saturated carbocycles. The summed E-state index contributed by atoms with van der Waals surface area (Å²) in [5, 5.41) is 13.6. The van der Waals surface area contributed by atoms with E-state index in [1.54, 1.807) is 13.8 Å². The molecule has 0 spiro atoms. The van der Waals surface area contributed by atoms with Crippen LogP contribution < -0.4 is 10.2 Å². The number of aromatic hydroxyl groups is 1. The van der Waals surface area contributed by atoms with Crippen molar-refractivity contribution in [1.82, 2.24) is 4.98 Å². The van der Waals surface area contributed by atoms with Gasteiger partial charge in [-0.25, -0.2) is 17.8 Å². The molecule has 0 radical (unpaired) electrons. The molecule has 1 unspecified atom stereocenters. The lowest BCUT2D eigenvalue weighted by Gasteiger charge is -2.37. The van der Waals surface area contributed by atoms with Crippen molar-refractivity contribution in [2.24, 2.45) is 5.41 Å². The molecule has 2 aromatic carbocycles. The number of alkyl halides is 3. The standard InChI is InChI=1S/C25H21F4N3O5S/c1-24(2)9-16-22(38(35,36)11-24)21(14-7-6-13(8-15(14)26)25(27,28)29)32(23(34)17-10-37-12-30-17)18-4-3-5-19(33)20(18)31-16/h3-8,10,12,21,31,33H,9,11H2,1-2H3. The van der Waals surface area contributed by atoms with E-state index in [2.05, 4.69) is 10.3 Å². The van der Waals surface area contributed by atoms with Gasteiger partial charge in [0.05, 0.1) is 21.9 Å². The van der Waals surface area contributed by atoms with Crippen LogP contribution in [0.1, 0.15) is 47.9 Å². The topological polar surface area (TPSA) is 113 Å². The number of benzene rings is 2. The van der Waals surface area contributed by atoms with Gasteiger partial charge in [-0.2, -0.15) is 13.2 Å². The molecular weight excluding hydrogens is 530 g/mol. The average molecular weight is 552 g/mol. The Bertz CT molecular complexity index is 1580. The first-order valence-electron chi connectivity index (χ1n) is 11.3. The Labute approximate surface area is 214 Å². The van der Waals surface area contributed by atoms with Crippen molar-refractivity contribution in [1.29, 1.82) is 0 Å². The van der Waals surface area contributed by atoms with Crippen LogP contribution in [0, 0.1) is 11.2 Å². The zero-order chi connectivity index (χ0) is 27.6. The number of hydrogen-bond acceptors (Lipinski definition) is 7. The molecule has 2 aliphatic heterocycles. The number of hydrogen-bond donors (Lipinski definition) is 2. The van der Waals surface area contributed by atoms with Crippen LogP contribution >= 0.6 is 0 Å². The van der Waals surface area contributed by atoms with E-state index in [-0.39, 0.29) is 51.7 Å². The van der Waals surface area contributed by atoms with Crippen LogP contribution in [0.2, 0.25) is 0 Å². The van der Waals surface area contributed by atoms with Crippen LogP contribution in [0.5, 0.6) is 5.75 Å². The van der Waals surface area contributed by atoms with E-state index in [0.717, 1.165) is 23.6 Å². The maximum Gasteiger partial charge on any atom is 0.416 e. The largest absolute Gasteiger partial charge is 0.506 e. The van der Waals surface area contributed by atoms with Gasteiger partial charge in [0.15, 0.2) is 21.9 Å². The lowest BCUT2D eigenvalue weighted by Crippen LogP contribution is -2.41. The molecule has 2 N–H and O–H groups in total. The number of sulfone groups is 1. The van der Waals surface area contributed by atoms with Crippen LogP contribution in [0.3, 0.4) is 0 Å². The third kappa shape index (κ3) is 4.30. The number of oxazole rings is 1. The highest BCUT2D eigenvalue weighted by Crippen LogP contribution is 2.52. The fourth-order valence-corrected chi connectivity index (χ4v) is 7.33. The molecule has 0 fully saturated rings. The number of rotatable bonds is 2. The van der Waals surface area contributed by atoms with Crippen LogP contribution in [0.25, 0.3) is 0 Å². The number of para-hydroxylation sites is 1. The van der Waals surface area contributed by atoms with Crippen LogP contribution in [-0.2, 0) is 16.0 Å². The molecule has 3 heterocycles. The first-order chi connectivity index (χ1) is 17.7. The minimum absolute atomic E-state index is 0.0282. The van der Waals surface area contributed by atoms with Crippen molar-refractivity contribution in [2.75, 3.05) is 16.0 Å². The monoisotopic (exact) mass is 551 g/mol. The molecular formula is C25H21F4N3O5S. The van der Waals surface area contributed by atoms with Crippen molar-refractivity contribution in [2.45, 2.75) is 32.5 Å². The highest BCUT2D eigenvalue weighted by atomic mass is 32.2. The molecule has 0 bridgehead atoms. The molecule has 5 rings (SSSR count). The van der Waals surface area contributed by atoms with Crippen molar-refractivity contribution < 1.29 is 40.3 Å². The first kappa shape index (κ1) is 25.8. The number of carbonyl (C=O) groups excluding carboxylic acids is 1. The molecule has 1 aromatic heterocycles. The Morgan fingerprint density at radius 3 is 2.61 bits per heavy atom. The molecule has 0 aliphatic carbocycles. The van der Waals surface area contributed by atoms with E-state index in [1.807, 2.05) is 0 Å². The van der Waals surface area contributed by atoms with Crippen molar-refractivity contribution in [3.63, 3.8) is 0 Å². The zero-order valence-electron chi connectivity index (χ0n) is 20.0. The zero-order valence-corrected chi connectivity index (χ0v) is 20.8. The number of phenols is 1. The Balaban J connectivity index is 1.87. The van der Waals surface area contributed by atoms with Gasteiger partial charge in [0, 0.05) is 11.3 Å². The summed E-state index contributed by atoms with van der Waals surface area (Å²) in [6.45, 7) is 3.41. The van der Waals surface area contributed by atoms with E-state index < -0.39 is 50.3 Å². The summed E-state index contributed by atoms with van der Waals surface area (Å²) in [4.78, 5) is 18.1. The Morgan fingerprint density at radius 1 is 1.24 bits per heavy atom. The maximum absolute atomic E-state index is 15.5. The summed E-state index contributed by atoms with van der Waals surface area (Å²) in [7, 11) is -4.22. The lowest BCUT2D eigenvalue weighted by molar-refractivity contribution is -0.137. The van der Waals surface area contributed by atoms with E-state index >= 15 is 4.39 Å². The van der Waals surface area contributed by atoms with E-state index in [9.17, 15) is 31.5 Å². The van der Waals surface area contributed by atoms with Gasteiger partial charge in [-0.05, 0) is 36.1 Å². The second kappa shape index (κ2) is 8.58. The quantitative estimate of drug-likeness (QED) is 0.324. The van der Waals surface area contributed by atoms with Crippen molar-refractivity contribution >= 4 is 27.1 Å². The van der Waals surface area contributed by atoms with Gasteiger partial charge in [0.1, 0.15) is 29.6 Å². The molecule has 1 amide bonds. The third-order valence-corrected chi connectivity index (χ3v) is 8.72. The van der Waals surface area contributed by atoms with Gasteiger partial charge < -0.3 is 14.8 Å². The van der Waals surface area contributed by atoms with Gasteiger partial charge in [-0.3, -0.25) is 9.69 Å². The number of carbonyl (C=O) groups is 1. The number of fused-ring (bicyclic) bond motifs is 1. The van der Waals surface area contributed by atoms with E-state index in [0.29, 0.717) is 6.07 Å². The summed E-state index contributed by atoms with van der Waals surface area (Å²) in [5.74, 6) is -2.99. The number of halogens is 4. The molecule has 1 atom stereocenters. The van der Waals surface area contributed by atoms with E-state index in [4.69, 9.17) is 4.42 Å². The normalized spacial score (nSPS) is 20.3. The fraction of sp³-hybridized carbons (Fsp3) is 0.280. The summed E-state index contributed by atoms with van der Waals surface area (Å²) < 4.78 is 87.9. The minimum Gasteiger partial charge on any atom is -0.506 e. The van der Waals surface area contributed by atoms with Crippen molar-refractivity contribution in [3.8, 4) is 5.75 Å². The minimum atomic E-state index is -4.86. The first-order valence-corrected chi connectivity index (χ1v) is 13.0. The number of aromatic nitrogens is 1. The van der Waals surface area contributed by atoms with Gasteiger partial charge >= 0.3 is 6.18 Å². The summed E-state index contributed by atoms with van der Waals surface area (Å²) >= 11 is 0. The van der Waals surface area contributed by atoms with Gasteiger partial charge in [0.25, 0.3) is 5.91 Å². The second-order valence-corrected chi connectivity index (χ2v) is 11.9. The second-order valence-electron chi connectivity index (χ2n) is 9.92. The predicted molar refractivity (Wildman–Crippen MR) is 128 cm³/mol. The number of amides is 1. The fourth-order valence-electron chi connectivity index (χ4n) is 4.98. The summed E-state index contributed by atoms with van der Waals surface area (Å²) in [6, 6.07) is 4.07. The number of allylic oxidation sites excluding steroid dienone is 1. The number of anilines is 2. The number of nitrogens with zero attached hydrogens (tertiary/aromatic N) is 2. The molecule has 38 heavy (non-hydrogen) atoms. The van der Waals surface area contributed by atoms with Gasteiger partial charge in [-0.1, -0.05) is 26.0 Å².